The zero-order chi connectivity index (χ0) is 20.8. The van der Waals surface area contributed by atoms with Gasteiger partial charge in [0.25, 0.3) is 0 Å². The summed E-state index contributed by atoms with van der Waals surface area (Å²) in [5, 5.41) is 16.3. The quantitative estimate of drug-likeness (QED) is 0.536. The molecule has 0 aliphatic carbocycles. The van der Waals surface area contributed by atoms with Crippen molar-refractivity contribution < 1.29 is 13.9 Å². The summed E-state index contributed by atoms with van der Waals surface area (Å²) in [4.78, 5) is 12.2. The molecule has 3 aromatic rings. The number of nitrogens with zero attached hydrogens (tertiary/aromatic N) is 5. The Kier molecular flexibility index (Phi) is 6.86. The molecule has 0 atom stereocenters. The number of hydrogen-bond donors (Lipinski definition) is 1. The SMILES string of the molecule is CCOc1nn(CC)cc1-c1nnc(SCC(=O)Nc2ccc(F)cc2)n1CC. The smallest absolute Gasteiger partial charge is 0.243 e. The molecule has 29 heavy (non-hydrogen) atoms. The number of nitrogens with one attached hydrogen (secondary N) is 1. The van der Waals surface area contributed by atoms with Crippen molar-refractivity contribution in [2.45, 2.75) is 39.0 Å². The number of rotatable bonds is 9. The van der Waals surface area contributed by atoms with E-state index in [4.69, 9.17) is 4.74 Å². The van der Waals surface area contributed by atoms with E-state index in [1.54, 1.807) is 4.68 Å². The molecule has 10 heteroatoms. The third-order valence-electron chi connectivity index (χ3n) is 4.07. The summed E-state index contributed by atoms with van der Waals surface area (Å²) in [6.07, 6.45) is 1.89. The Morgan fingerprint density at radius 3 is 2.59 bits per heavy atom. The van der Waals surface area contributed by atoms with Crippen LogP contribution in [0, 0.1) is 5.82 Å². The summed E-state index contributed by atoms with van der Waals surface area (Å²) in [7, 11) is 0. The minimum atomic E-state index is -0.348. The monoisotopic (exact) mass is 418 g/mol. The number of thioether (sulfide) groups is 1. The van der Waals surface area contributed by atoms with E-state index in [0.717, 1.165) is 5.56 Å². The van der Waals surface area contributed by atoms with E-state index in [1.807, 2.05) is 31.5 Å². The number of aryl methyl sites for hydroxylation is 1. The van der Waals surface area contributed by atoms with Crippen molar-refractivity contribution >= 4 is 23.4 Å². The topological polar surface area (TPSA) is 86.9 Å². The Morgan fingerprint density at radius 2 is 1.93 bits per heavy atom. The molecule has 154 valence electrons. The number of aromatic nitrogens is 5. The number of benzene rings is 1. The minimum absolute atomic E-state index is 0.155. The second-order valence-electron chi connectivity index (χ2n) is 6.03. The van der Waals surface area contributed by atoms with E-state index in [0.29, 0.717) is 42.2 Å². The highest BCUT2D eigenvalue weighted by Crippen LogP contribution is 2.30. The van der Waals surface area contributed by atoms with Crippen LogP contribution in [0.4, 0.5) is 10.1 Å². The summed E-state index contributed by atoms with van der Waals surface area (Å²) in [6.45, 7) is 7.73. The first-order valence-electron chi connectivity index (χ1n) is 9.37. The van der Waals surface area contributed by atoms with Crippen LogP contribution in [0.25, 0.3) is 11.4 Å². The van der Waals surface area contributed by atoms with Crippen LogP contribution < -0.4 is 10.1 Å². The molecule has 0 saturated carbocycles. The number of carbonyl (C=O) groups excluding carboxylic acids is 1. The van der Waals surface area contributed by atoms with Crippen molar-refractivity contribution in [3.05, 3.63) is 36.3 Å². The maximum Gasteiger partial charge on any atom is 0.243 e. The molecule has 0 unspecified atom stereocenters. The maximum atomic E-state index is 13.0. The van der Waals surface area contributed by atoms with E-state index in [1.165, 1.54) is 36.0 Å². The fourth-order valence-electron chi connectivity index (χ4n) is 2.70. The number of amides is 1. The third-order valence-corrected chi connectivity index (χ3v) is 5.03. The van der Waals surface area contributed by atoms with Gasteiger partial charge >= 0.3 is 0 Å². The first-order valence-corrected chi connectivity index (χ1v) is 10.4. The normalized spacial score (nSPS) is 10.9. The molecule has 2 aromatic heterocycles. The molecule has 0 aliphatic heterocycles. The van der Waals surface area contributed by atoms with Crippen LogP contribution in [-0.2, 0) is 17.9 Å². The minimum Gasteiger partial charge on any atom is -0.476 e. The highest BCUT2D eigenvalue weighted by atomic mass is 32.2. The van der Waals surface area contributed by atoms with E-state index in [9.17, 15) is 9.18 Å². The van der Waals surface area contributed by atoms with Crippen molar-refractivity contribution in [2.75, 3.05) is 17.7 Å². The second kappa shape index (κ2) is 9.55. The Morgan fingerprint density at radius 1 is 1.17 bits per heavy atom. The predicted octanol–water partition coefficient (Wildman–Crippen LogP) is 3.45. The molecule has 1 amide bonds. The van der Waals surface area contributed by atoms with Crippen LogP contribution in [-0.4, -0.2) is 42.8 Å². The van der Waals surface area contributed by atoms with Gasteiger partial charge in [-0.15, -0.1) is 15.3 Å². The lowest BCUT2D eigenvalue weighted by molar-refractivity contribution is -0.113. The molecule has 0 radical (unpaired) electrons. The van der Waals surface area contributed by atoms with Crippen LogP contribution in [0.2, 0.25) is 0 Å². The van der Waals surface area contributed by atoms with Gasteiger partial charge in [-0.3, -0.25) is 9.48 Å². The first-order chi connectivity index (χ1) is 14.0. The van der Waals surface area contributed by atoms with Gasteiger partial charge in [-0.25, -0.2) is 4.39 Å². The summed E-state index contributed by atoms with van der Waals surface area (Å²) >= 11 is 1.28. The fraction of sp³-hybridized carbons (Fsp3) is 0.368. The van der Waals surface area contributed by atoms with Crippen molar-refractivity contribution in [3.8, 4) is 17.3 Å². The summed E-state index contributed by atoms with van der Waals surface area (Å²) < 4.78 is 22.3. The average Bonchev–Trinajstić information content (AvgIpc) is 3.31. The number of anilines is 1. The standard InChI is InChI=1S/C19H23FN6O2S/c1-4-25-11-15(18(24-25)28-6-3)17-22-23-19(26(17)5-2)29-12-16(27)21-14-9-7-13(20)8-10-14/h7-11H,4-6,12H2,1-3H3,(H,21,27). The molecular weight excluding hydrogens is 395 g/mol. The van der Waals surface area contributed by atoms with Crippen LogP contribution in [0.5, 0.6) is 5.88 Å². The first kappa shape index (κ1) is 20.8. The Bertz CT molecular complexity index is 970. The molecular formula is C19H23FN6O2S. The predicted molar refractivity (Wildman–Crippen MR) is 110 cm³/mol. The van der Waals surface area contributed by atoms with E-state index >= 15 is 0 Å². The molecule has 1 N–H and O–H groups in total. The summed E-state index contributed by atoms with van der Waals surface area (Å²) in [5.74, 6) is 0.766. The zero-order valence-electron chi connectivity index (χ0n) is 16.6. The van der Waals surface area contributed by atoms with Gasteiger partial charge in [0, 0.05) is 25.0 Å². The van der Waals surface area contributed by atoms with Crippen molar-refractivity contribution in [3.63, 3.8) is 0 Å². The molecule has 0 bridgehead atoms. The van der Waals surface area contributed by atoms with E-state index in [2.05, 4.69) is 20.6 Å². The summed E-state index contributed by atoms with van der Waals surface area (Å²) in [5.41, 5.74) is 1.31. The Balaban J connectivity index is 1.73. The molecule has 0 aliphatic rings. The summed E-state index contributed by atoms with van der Waals surface area (Å²) in [6, 6.07) is 5.64. The highest BCUT2D eigenvalue weighted by Gasteiger charge is 2.20. The van der Waals surface area contributed by atoms with Crippen LogP contribution in [0.15, 0.2) is 35.6 Å². The second-order valence-corrected chi connectivity index (χ2v) is 6.97. The van der Waals surface area contributed by atoms with Gasteiger partial charge in [0.15, 0.2) is 11.0 Å². The van der Waals surface area contributed by atoms with Gasteiger partial charge < -0.3 is 14.6 Å². The van der Waals surface area contributed by atoms with Gasteiger partial charge in [-0.2, -0.15) is 0 Å². The number of carbonyl (C=O) groups is 1. The van der Waals surface area contributed by atoms with Crippen LogP contribution in [0.3, 0.4) is 0 Å². The molecule has 2 heterocycles. The zero-order valence-corrected chi connectivity index (χ0v) is 17.4. The van der Waals surface area contributed by atoms with Crippen molar-refractivity contribution in [2.24, 2.45) is 0 Å². The maximum absolute atomic E-state index is 13.0. The lowest BCUT2D eigenvalue weighted by Gasteiger charge is -2.08. The highest BCUT2D eigenvalue weighted by molar-refractivity contribution is 7.99. The van der Waals surface area contributed by atoms with Gasteiger partial charge in [-0.1, -0.05) is 11.8 Å². The van der Waals surface area contributed by atoms with E-state index in [-0.39, 0.29) is 17.5 Å². The van der Waals surface area contributed by atoms with Gasteiger partial charge in [0.1, 0.15) is 11.4 Å². The van der Waals surface area contributed by atoms with Crippen LogP contribution in [0.1, 0.15) is 20.8 Å². The largest absolute Gasteiger partial charge is 0.476 e. The molecule has 1 aromatic carbocycles. The molecule has 0 fully saturated rings. The number of halogens is 1. The number of ether oxygens (including phenoxy) is 1. The van der Waals surface area contributed by atoms with Gasteiger partial charge in [0.2, 0.25) is 11.8 Å². The molecule has 0 spiro atoms. The Hall–Kier alpha value is -2.88. The molecule has 8 nitrogen and oxygen atoms in total. The molecule has 3 rings (SSSR count). The lowest BCUT2D eigenvalue weighted by atomic mass is 10.3. The average molecular weight is 418 g/mol. The molecule has 0 saturated heterocycles. The Labute approximate surface area is 172 Å². The third kappa shape index (κ3) is 4.94. The van der Waals surface area contributed by atoms with Crippen molar-refractivity contribution in [1.82, 2.24) is 24.5 Å². The number of hydrogen-bond acceptors (Lipinski definition) is 6. The fourth-order valence-corrected chi connectivity index (χ4v) is 3.50. The van der Waals surface area contributed by atoms with Crippen molar-refractivity contribution in [1.29, 1.82) is 0 Å². The van der Waals surface area contributed by atoms with Gasteiger partial charge in [-0.05, 0) is 45.0 Å². The van der Waals surface area contributed by atoms with Gasteiger partial charge in [0.05, 0.1) is 12.4 Å². The van der Waals surface area contributed by atoms with E-state index < -0.39 is 0 Å². The van der Waals surface area contributed by atoms with Crippen LogP contribution >= 0.6 is 11.8 Å². The lowest BCUT2D eigenvalue weighted by Crippen LogP contribution is -2.14.